The lowest BCUT2D eigenvalue weighted by Gasteiger charge is -2.33. The highest BCUT2D eigenvalue weighted by Crippen LogP contribution is 2.22. The van der Waals surface area contributed by atoms with E-state index in [1.54, 1.807) is 26.8 Å². The summed E-state index contributed by atoms with van der Waals surface area (Å²) in [6, 6.07) is 1.66. The summed E-state index contributed by atoms with van der Waals surface area (Å²) in [5.74, 6) is -0.0344. The molecule has 0 fully saturated rings. The molecule has 0 bridgehead atoms. The molecule has 5 nitrogen and oxygen atoms in total. The van der Waals surface area contributed by atoms with E-state index in [0.29, 0.717) is 17.1 Å². The van der Waals surface area contributed by atoms with Gasteiger partial charge < -0.3 is 14.8 Å². The van der Waals surface area contributed by atoms with Gasteiger partial charge in [-0.25, -0.2) is 0 Å². The molecule has 1 rings (SSSR count). The van der Waals surface area contributed by atoms with E-state index in [1.807, 2.05) is 13.8 Å². The van der Waals surface area contributed by atoms with Crippen molar-refractivity contribution in [1.29, 1.82) is 0 Å². The second-order valence-corrected chi connectivity index (χ2v) is 5.42. The molecule has 0 saturated heterocycles. The molecule has 0 aliphatic heterocycles. The zero-order valence-corrected chi connectivity index (χ0v) is 12.0. The lowest BCUT2D eigenvalue weighted by molar-refractivity contribution is -0.138. The number of hydrogen-bond donors (Lipinski definition) is 2. The van der Waals surface area contributed by atoms with Crippen molar-refractivity contribution in [3.8, 4) is 0 Å². The van der Waals surface area contributed by atoms with Gasteiger partial charge in [-0.05, 0) is 32.8 Å². The molecule has 0 saturated carbocycles. The molecule has 1 unspecified atom stereocenters. The third-order valence-electron chi connectivity index (χ3n) is 3.48. The van der Waals surface area contributed by atoms with Crippen LogP contribution in [0.5, 0.6) is 0 Å². The minimum Gasteiger partial charge on any atom is -0.481 e. The number of aryl methyl sites for hydroxylation is 2. The Morgan fingerprint density at radius 2 is 2.00 bits per heavy atom. The van der Waals surface area contributed by atoms with E-state index in [-0.39, 0.29) is 18.2 Å². The number of nitrogens with one attached hydrogen (secondary N) is 1. The highest BCUT2D eigenvalue weighted by Gasteiger charge is 2.33. The van der Waals surface area contributed by atoms with Crippen LogP contribution >= 0.6 is 0 Å². The van der Waals surface area contributed by atoms with E-state index in [4.69, 9.17) is 9.52 Å². The van der Waals surface area contributed by atoms with Crippen LogP contribution in [0, 0.1) is 19.8 Å². The maximum Gasteiger partial charge on any atom is 0.305 e. The van der Waals surface area contributed by atoms with E-state index in [0.717, 1.165) is 0 Å². The van der Waals surface area contributed by atoms with Crippen molar-refractivity contribution in [3.05, 3.63) is 23.2 Å². The second-order valence-electron chi connectivity index (χ2n) is 5.42. The summed E-state index contributed by atoms with van der Waals surface area (Å²) in [7, 11) is 0. The highest BCUT2D eigenvalue weighted by atomic mass is 16.4. The minimum atomic E-state index is -0.934. The third kappa shape index (κ3) is 3.59. The normalized spacial score (nSPS) is 14.2. The Morgan fingerprint density at radius 3 is 2.37 bits per heavy atom. The Hall–Kier alpha value is -1.78. The van der Waals surface area contributed by atoms with Gasteiger partial charge in [0.2, 0.25) is 0 Å². The zero-order chi connectivity index (χ0) is 14.8. The summed E-state index contributed by atoms with van der Waals surface area (Å²) in [5.41, 5.74) is -0.338. The Morgan fingerprint density at radius 1 is 1.42 bits per heavy atom. The lowest BCUT2D eigenvalue weighted by atomic mass is 9.85. The van der Waals surface area contributed by atoms with Gasteiger partial charge >= 0.3 is 5.97 Å². The van der Waals surface area contributed by atoms with Crippen LogP contribution in [-0.2, 0) is 4.79 Å². The van der Waals surface area contributed by atoms with Crippen molar-refractivity contribution < 1.29 is 19.1 Å². The van der Waals surface area contributed by atoms with Crippen molar-refractivity contribution >= 4 is 11.9 Å². The quantitative estimate of drug-likeness (QED) is 0.859. The molecule has 0 radical (unpaired) electrons. The minimum absolute atomic E-state index is 0.000791. The number of hydrogen-bond acceptors (Lipinski definition) is 3. The summed E-state index contributed by atoms with van der Waals surface area (Å²) in [4.78, 5) is 23.2. The van der Waals surface area contributed by atoms with Crippen LogP contribution in [0.1, 0.15) is 49.1 Å². The second kappa shape index (κ2) is 5.47. The van der Waals surface area contributed by atoms with E-state index < -0.39 is 11.5 Å². The van der Waals surface area contributed by atoms with Crippen LogP contribution in [0.25, 0.3) is 0 Å². The SMILES string of the molecule is Cc1cc(C(=O)NC(C)(CC(=O)O)C(C)C)c(C)o1. The first-order valence-electron chi connectivity index (χ1n) is 6.27. The maximum absolute atomic E-state index is 12.2. The van der Waals surface area contributed by atoms with Crippen LogP contribution in [-0.4, -0.2) is 22.5 Å². The summed E-state index contributed by atoms with van der Waals surface area (Å²) in [5, 5.41) is 11.8. The molecular formula is C14H21NO4. The molecule has 1 aromatic rings. The molecule has 5 heteroatoms. The number of carboxylic acids is 1. The zero-order valence-electron chi connectivity index (χ0n) is 12.0. The standard InChI is InChI=1S/C14H21NO4/c1-8(2)14(5,7-12(16)17)15-13(18)11-6-9(3)19-10(11)4/h6,8H,7H2,1-5H3,(H,15,18)(H,16,17). The van der Waals surface area contributed by atoms with E-state index in [2.05, 4.69) is 5.32 Å². The summed E-state index contributed by atoms with van der Waals surface area (Å²) >= 11 is 0. The Balaban J connectivity index is 2.94. The molecule has 0 aromatic carbocycles. The highest BCUT2D eigenvalue weighted by molar-refractivity contribution is 5.96. The van der Waals surface area contributed by atoms with Crippen molar-refractivity contribution in [2.24, 2.45) is 5.92 Å². The molecule has 1 amide bonds. The van der Waals surface area contributed by atoms with Crippen molar-refractivity contribution in [1.82, 2.24) is 5.32 Å². The Labute approximate surface area is 113 Å². The number of carbonyl (C=O) groups is 2. The van der Waals surface area contributed by atoms with Crippen LogP contribution in [0.3, 0.4) is 0 Å². The molecule has 1 heterocycles. The lowest BCUT2D eigenvalue weighted by Crippen LogP contribution is -2.51. The topological polar surface area (TPSA) is 79.5 Å². The monoisotopic (exact) mass is 267 g/mol. The molecule has 0 spiro atoms. The van der Waals surface area contributed by atoms with Gasteiger partial charge in [0.05, 0.1) is 17.5 Å². The predicted octanol–water partition coefficient (Wildman–Crippen LogP) is 2.52. The van der Waals surface area contributed by atoms with Gasteiger partial charge in [-0.3, -0.25) is 9.59 Å². The third-order valence-corrected chi connectivity index (χ3v) is 3.48. The molecule has 19 heavy (non-hydrogen) atoms. The van der Waals surface area contributed by atoms with Crippen molar-refractivity contribution in [2.45, 2.75) is 46.6 Å². The van der Waals surface area contributed by atoms with Gasteiger partial charge in [0.15, 0.2) is 0 Å². The number of carboxylic acid groups (broad SMARTS) is 1. The molecule has 1 atom stereocenters. The first-order chi connectivity index (χ1) is 8.65. The van der Waals surface area contributed by atoms with Gasteiger partial charge in [-0.15, -0.1) is 0 Å². The van der Waals surface area contributed by atoms with E-state index >= 15 is 0 Å². The first-order valence-corrected chi connectivity index (χ1v) is 6.27. The smallest absolute Gasteiger partial charge is 0.305 e. The Bertz CT molecular complexity index is 490. The van der Waals surface area contributed by atoms with Gasteiger partial charge in [0.1, 0.15) is 11.5 Å². The maximum atomic E-state index is 12.2. The van der Waals surface area contributed by atoms with Crippen molar-refractivity contribution in [2.75, 3.05) is 0 Å². The summed E-state index contributed by atoms with van der Waals surface area (Å²) in [6.07, 6.45) is -0.119. The Kier molecular flexibility index (Phi) is 4.39. The number of rotatable bonds is 5. The number of furan rings is 1. The average molecular weight is 267 g/mol. The molecule has 0 aliphatic rings. The van der Waals surface area contributed by atoms with E-state index in [9.17, 15) is 9.59 Å². The predicted molar refractivity (Wildman–Crippen MR) is 71.1 cm³/mol. The fourth-order valence-corrected chi connectivity index (χ4v) is 1.89. The van der Waals surface area contributed by atoms with Crippen LogP contribution in [0.4, 0.5) is 0 Å². The fourth-order valence-electron chi connectivity index (χ4n) is 1.89. The number of amides is 1. The fraction of sp³-hybridized carbons (Fsp3) is 0.571. The van der Waals surface area contributed by atoms with Gasteiger partial charge in [-0.2, -0.15) is 0 Å². The molecule has 106 valence electrons. The summed E-state index contributed by atoms with van der Waals surface area (Å²) < 4.78 is 5.31. The van der Waals surface area contributed by atoms with Crippen LogP contribution < -0.4 is 5.32 Å². The average Bonchev–Trinajstić information content (AvgIpc) is 2.56. The van der Waals surface area contributed by atoms with Crippen LogP contribution in [0.2, 0.25) is 0 Å². The largest absolute Gasteiger partial charge is 0.481 e. The van der Waals surface area contributed by atoms with Crippen molar-refractivity contribution in [3.63, 3.8) is 0 Å². The molecule has 2 N–H and O–H groups in total. The first kappa shape index (κ1) is 15.3. The number of aliphatic carboxylic acids is 1. The number of carbonyl (C=O) groups excluding carboxylic acids is 1. The summed E-state index contributed by atoms with van der Waals surface area (Å²) in [6.45, 7) is 8.99. The van der Waals surface area contributed by atoms with E-state index in [1.165, 1.54) is 0 Å². The van der Waals surface area contributed by atoms with Crippen LogP contribution in [0.15, 0.2) is 10.5 Å². The molecule has 0 aliphatic carbocycles. The van der Waals surface area contributed by atoms with Gasteiger partial charge in [0.25, 0.3) is 5.91 Å². The molecular weight excluding hydrogens is 246 g/mol. The molecule has 1 aromatic heterocycles. The van der Waals surface area contributed by atoms with Gasteiger partial charge in [0, 0.05) is 0 Å². The van der Waals surface area contributed by atoms with Gasteiger partial charge in [-0.1, -0.05) is 13.8 Å².